The molecular formula is C13H22N4O. The Morgan fingerprint density at radius 2 is 2.44 bits per heavy atom. The van der Waals surface area contributed by atoms with Crippen molar-refractivity contribution in [1.82, 2.24) is 9.97 Å². The number of aromatic nitrogens is 2. The lowest BCUT2D eigenvalue weighted by Crippen LogP contribution is -2.35. The van der Waals surface area contributed by atoms with Crippen LogP contribution in [0.4, 0.5) is 11.8 Å². The molecule has 1 fully saturated rings. The number of hydrogen-bond acceptors (Lipinski definition) is 5. The quantitative estimate of drug-likeness (QED) is 0.807. The van der Waals surface area contributed by atoms with Gasteiger partial charge in [0.15, 0.2) is 0 Å². The molecule has 1 N–H and O–H groups in total. The van der Waals surface area contributed by atoms with Gasteiger partial charge in [0.2, 0.25) is 5.95 Å². The summed E-state index contributed by atoms with van der Waals surface area (Å²) in [5.41, 5.74) is 0. The highest BCUT2D eigenvalue weighted by atomic mass is 16.5. The molecule has 0 aromatic carbocycles. The molecule has 1 aliphatic heterocycles. The summed E-state index contributed by atoms with van der Waals surface area (Å²) >= 11 is 0. The first-order valence-electron chi connectivity index (χ1n) is 6.60. The van der Waals surface area contributed by atoms with Crippen molar-refractivity contribution in [3.8, 4) is 0 Å². The number of methoxy groups -OCH3 is 1. The van der Waals surface area contributed by atoms with Crippen molar-refractivity contribution >= 4 is 11.8 Å². The molecule has 1 saturated heterocycles. The summed E-state index contributed by atoms with van der Waals surface area (Å²) in [4.78, 5) is 11.2. The first-order chi connectivity index (χ1) is 8.79. The monoisotopic (exact) mass is 250 g/mol. The van der Waals surface area contributed by atoms with E-state index < -0.39 is 0 Å². The van der Waals surface area contributed by atoms with E-state index in [1.54, 1.807) is 7.11 Å². The van der Waals surface area contributed by atoms with Crippen LogP contribution in [0.1, 0.15) is 19.8 Å². The first kappa shape index (κ1) is 13.1. The lowest BCUT2D eigenvalue weighted by atomic mass is 10.0. The zero-order valence-electron chi connectivity index (χ0n) is 11.2. The van der Waals surface area contributed by atoms with Crippen LogP contribution < -0.4 is 10.2 Å². The molecule has 0 saturated carbocycles. The first-order valence-corrected chi connectivity index (χ1v) is 6.60. The second-order valence-corrected chi connectivity index (χ2v) is 4.85. The Kier molecular flexibility index (Phi) is 4.75. The highest BCUT2D eigenvalue weighted by Gasteiger charge is 2.18. The second kappa shape index (κ2) is 6.54. The standard InChI is InChI=1S/C13H22N4O/c1-11-4-3-8-17(10-11)13-15-6-5-12(16-13)14-7-9-18-2/h5-6,11H,3-4,7-10H2,1-2H3,(H,14,15,16). The van der Waals surface area contributed by atoms with Crippen molar-refractivity contribution in [2.45, 2.75) is 19.8 Å². The molecule has 5 nitrogen and oxygen atoms in total. The van der Waals surface area contributed by atoms with Crippen LogP contribution >= 0.6 is 0 Å². The van der Waals surface area contributed by atoms with Crippen LogP contribution in [0.3, 0.4) is 0 Å². The fourth-order valence-electron chi connectivity index (χ4n) is 2.25. The molecule has 0 amide bonds. The minimum Gasteiger partial charge on any atom is -0.383 e. The minimum atomic E-state index is 0.681. The van der Waals surface area contributed by atoms with Crippen LogP contribution in [-0.2, 0) is 4.74 Å². The van der Waals surface area contributed by atoms with Gasteiger partial charge in [-0.25, -0.2) is 4.98 Å². The van der Waals surface area contributed by atoms with Crippen LogP contribution in [0, 0.1) is 5.92 Å². The van der Waals surface area contributed by atoms with Gasteiger partial charge in [0.1, 0.15) is 5.82 Å². The van der Waals surface area contributed by atoms with Crippen LogP contribution in [0.15, 0.2) is 12.3 Å². The third kappa shape index (κ3) is 3.57. The summed E-state index contributed by atoms with van der Waals surface area (Å²) in [6.07, 6.45) is 4.35. The fraction of sp³-hybridized carbons (Fsp3) is 0.692. The van der Waals surface area contributed by atoms with E-state index in [9.17, 15) is 0 Å². The fourth-order valence-corrected chi connectivity index (χ4v) is 2.25. The Hall–Kier alpha value is -1.36. The molecule has 1 atom stereocenters. The SMILES string of the molecule is COCCNc1ccnc(N2CCCC(C)C2)n1. The number of nitrogens with zero attached hydrogens (tertiary/aromatic N) is 3. The molecule has 18 heavy (non-hydrogen) atoms. The van der Waals surface area contributed by atoms with Gasteiger partial charge >= 0.3 is 0 Å². The van der Waals surface area contributed by atoms with E-state index in [1.165, 1.54) is 12.8 Å². The van der Waals surface area contributed by atoms with Crippen molar-refractivity contribution in [3.05, 3.63) is 12.3 Å². The number of nitrogens with one attached hydrogen (secondary N) is 1. The largest absolute Gasteiger partial charge is 0.383 e. The molecule has 0 aliphatic carbocycles. The Balaban J connectivity index is 1.97. The lowest BCUT2D eigenvalue weighted by molar-refractivity contribution is 0.210. The van der Waals surface area contributed by atoms with Gasteiger partial charge in [-0.2, -0.15) is 4.98 Å². The lowest BCUT2D eigenvalue weighted by Gasteiger charge is -2.30. The van der Waals surface area contributed by atoms with E-state index in [2.05, 4.69) is 27.1 Å². The number of piperidine rings is 1. The predicted molar refractivity (Wildman–Crippen MR) is 73.0 cm³/mol. The van der Waals surface area contributed by atoms with Gasteiger partial charge < -0.3 is 15.0 Å². The van der Waals surface area contributed by atoms with Crippen LogP contribution in [0.5, 0.6) is 0 Å². The molecule has 1 aromatic rings. The molecule has 0 bridgehead atoms. The van der Waals surface area contributed by atoms with Crippen LogP contribution in [0.25, 0.3) is 0 Å². The summed E-state index contributed by atoms with van der Waals surface area (Å²) < 4.78 is 5.01. The van der Waals surface area contributed by atoms with Gasteiger partial charge in [-0.15, -0.1) is 0 Å². The normalized spacial score (nSPS) is 19.9. The summed E-state index contributed by atoms with van der Waals surface area (Å²) in [6.45, 7) is 5.85. The van der Waals surface area contributed by atoms with Crippen molar-refractivity contribution in [1.29, 1.82) is 0 Å². The second-order valence-electron chi connectivity index (χ2n) is 4.85. The summed E-state index contributed by atoms with van der Waals surface area (Å²) in [6, 6.07) is 1.90. The van der Waals surface area contributed by atoms with Gasteiger partial charge in [0.05, 0.1) is 6.61 Å². The number of rotatable bonds is 5. The average Bonchev–Trinajstić information content (AvgIpc) is 2.39. The van der Waals surface area contributed by atoms with Crippen molar-refractivity contribution in [2.75, 3.05) is 43.6 Å². The molecule has 0 spiro atoms. The Bertz CT molecular complexity index is 372. The molecule has 1 aliphatic rings. The predicted octanol–water partition coefficient (Wildman–Crippen LogP) is 1.77. The van der Waals surface area contributed by atoms with E-state index in [1.807, 2.05) is 12.3 Å². The number of anilines is 2. The third-order valence-corrected chi connectivity index (χ3v) is 3.20. The maximum Gasteiger partial charge on any atom is 0.227 e. The molecule has 2 rings (SSSR count). The van der Waals surface area contributed by atoms with Gasteiger partial charge in [-0.1, -0.05) is 6.92 Å². The van der Waals surface area contributed by atoms with Gasteiger partial charge in [0, 0.05) is 32.9 Å². The molecule has 100 valence electrons. The van der Waals surface area contributed by atoms with Crippen molar-refractivity contribution < 1.29 is 4.74 Å². The molecule has 1 unspecified atom stereocenters. The Morgan fingerprint density at radius 1 is 1.56 bits per heavy atom. The van der Waals surface area contributed by atoms with Gasteiger partial charge in [-0.05, 0) is 24.8 Å². The minimum absolute atomic E-state index is 0.681. The van der Waals surface area contributed by atoms with Crippen molar-refractivity contribution in [3.63, 3.8) is 0 Å². The van der Waals surface area contributed by atoms with Gasteiger partial charge in [-0.3, -0.25) is 0 Å². The van der Waals surface area contributed by atoms with Gasteiger partial charge in [0.25, 0.3) is 0 Å². The summed E-state index contributed by atoms with van der Waals surface area (Å²) in [5.74, 6) is 2.44. The summed E-state index contributed by atoms with van der Waals surface area (Å²) in [7, 11) is 1.70. The zero-order valence-corrected chi connectivity index (χ0v) is 11.2. The topological polar surface area (TPSA) is 50.3 Å². The Labute approximate surface area is 109 Å². The van der Waals surface area contributed by atoms with E-state index in [0.717, 1.165) is 37.3 Å². The van der Waals surface area contributed by atoms with E-state index >= 15 is 0 Å². The molecule has 0 radical (unpaired) electrons. The average molecular weight is 250 g/mol. The Morgan fingerprint density at radius 3 is 3.22 bits per heavy atom. The number of hydrogen-bond donors (Lipinski definition) is 1. The summed E-state index contributed by atoms with van der Waals surface area (Å²) in [5, 5.41) is 3.23. The zero-order chi connectivity index (χ0) is 12.8. The van der Waals surface area contributed by atoms with E-state index in [-0.39, 0.29) is 0 Å². The van der Waals surface area contributed by atoms with E-state index in [4.69, 9.17) is 4.74 Å². The number of ether oxygens (including phenoxy) is 1. The van der Waals surface area contributed by atoms with E-state index in [0.29, 0.717) is 6.61 Å². The maximum atomic E-state index is 5.01. The third-order valence-electron chi connectivity index (χ3n) is 3.20. The molecule has 1 aromatic heterocycles. The maximum absolute atomic E-state index is 5.01. The molecule has 5 heteroatoms. The van der Waals surface area contributed by atoms with Crippen LogP contribution in [0.2, 0.25) is 0 Å². The smallest absolute Gasteiger partial charge is 0.227 e. The molecule has 2 heterocycles. The van der Waals surface area contributed by atoms with Crippen molar-refractivity contribution in [2.24, 2.45) is 5.92 Å². The molecular weight excluding hydrogens is 228 g/mol. The van der Waals surface area contributed by atoms with Crippen LogP contribution in [-0.4, -0.2) is 43.3 Å². The highest BCUT2D eigenvalue weighted by Crippen LogP contribution is 2.20. The highest BCUT2D eigenvalue weighted by molar-refractivity contribution is 5.41.